The Morgan fingerprint density at radius 3 is 2.52 bits per heavy atom. The number of hydrogen-bond donors (Lipinski definition) is 0. The highest BCUT2D eigenvalue weighted by Crippen LogP contribution is 2.40. The van der Waals surface area contributed by atoms with Crippen LogP contribution >= 0.6 is 0 Å². The van der Waals surface area contributed by atoms with Crippen molar-refractivity contribution in [1.29, 1.82) is 0 Å². The molecule has 1 aliphatic heterocycles. The number of nitrogens with zero attached hydrogens (tertiary/aromatic N) is 3. The Balaban J connectivity index is 1.78. The van der Waals surface area contributed by atoms with Crippen molar-refractivity contribution in [1.82, 2.24) is 4.98 Å². The van der Waals surface area contributed by atoms with Crippen LogP contribution in [0.4, 0.5) is 30.4 Å². The van der Waals surface area contributed by atoms with E-state index in [1.807, 2.05) is 55.5 Å². The molecule has 0 saturated carbocycles. The molecule has 2 heterocycles. The zero-order chi connectivity index (χ0) is 22.3. The predicted molar refractivity (Wildman–Crippen MR) is 115 cm³/mol. The number of rotatable bonds is 3. The van der Waals surface area contributed by atoms with Crippen LogP contribution in [0.2, 0.25) is 0 Å². The number of pyridine rings is 1. The van der Waals surface area contributed by atoms with Gasteiger partial charge in [-0.25, -0.2) is 4.98 Å². The van der Waals surface area contributed by atoms with E-state index in [4.69, 9.17) is 0 Å². The van der Waals surface area contributed by atoms with Gasteiger partial charge < -0.3 is 9.80 Å². The van der Waals surface area contributed by atoms with E-state index in [9.17, 15) is 18.0 Å². The zero-order valence-corrected chi connectivity index (χ0v) is 17.4. The number of carbonyl (C=O) groups is 1. The van der Waals surface area contributed by atoms with Gasteiger partial charge in [-0.2, -0.15) is 13.2 Å². The fourth-order valence-corrected chi connectivity index (χ4v) is 3.99. The molecule has 1 amide bonds. The average Bonchev–Trinajstić information content (AvgIpc) is 3.11. The number of aromatic nitrogens is 1. The number of anilines is 3. The van der Waals surface area contributed by atoms with E-state index in [-0.39, 0.29) is 17.4 Å². The lowest BCUT2D eigenvalue weighted by atomic mass is 10.1. The van der Waals surface area contributed by atoms with Gasteiger partial charge in [0.25, 0.3) is 0 Å². The first-order valence-corrected chi connectivity index (χ1v) is 9.92. The summed E-state index contributed by atoms with van der Waals surface area (Å²) in [4.78, 5) is 21.1. The van der Waals surface area contributed by atoms with Gasteiger partial charge in [0.05, 0.1) is 5.56 Å². The molecule has 0 bridgehead atoms. The van der Waals surface area contributed by atoms with Crippen LogP contribution in [-0.2, 0) is 17.4 Å². The third-order valence-corrected chi connectivity index (χ3v) is 5.49. The molecule has 31 heavy (non-hydrogen) atoms. The highest BCUT2D eigenvalue weighted by Gasteiger charge is 2.39. The molecule has 2 aromatic carbocycles. The lowest BCUT2D eigenvalue weighted by molar-refractivity contribution is -0.137. The summed E-state index contributed by atoms with van der Waals surface area (Å²) in [5, 5.41) is 0. The number of para-hydroxylation sites is 1. The first kappa shape index (κ1) is 20.9. The van der Waals surface area contributed by atoms with Crippen molar-refractivity contribution >= 4 is 23.1 Å². The van der Waals surface area contributed by atoms with E-state index in [1.54, 1.807) is 16.8 Å². The van der Waals surface area contributed by atoms with Crippen molar-refractivity contribution in [2.24, 2.45) is 0 Å². The van der Waals surface area contributed by atoms with Gasteiger partial charge in [-0.1, -0.05) is 30.3 Å². The SMILES string of the molecule is Cc1cccc(N(C)C(=O)[C@@H]2Cc3ccccc3N2c2cc(C(F)(F)F)cc(C)n2)c1. The van der Waals surface area contributed by atoms with Crippen LogP contribution < -0.4 is 9.80 Å². The van der Waals surface area contributed by atoms with E-state index >= 15 is 0 Å². The average molecular weight is 425 g/mol. The van der Waals surface area contributed by atoms with E-state index in [1.165, 1.54) is 6.92 Å². The molecule has 0 radical (unpaired) electrons. The Labute approximate surface area is 178 Å². The van der Waals surface area contributed by atoms with Gasteiger partial charge in [0.2, 0.25) is 5.91 Å². The van der Waals surface area contributed by atoms with Crippen LogP contribution in [0.25, 0.3) is 0 Å². The van der Waals surface area contributed by atoms with Gasteiger partial charge in [-0.15, -0.1) is 0 Å². The Bertz CT molecular complexity index is 1140. The van der Waals surface area contributed by atoms with Gasteiger partial charge in [0.15, 0.2) is 0 Å². The Morgan fingerprint density at radius 1 is 1.06 bits per heavy atom. The van der Waals surface area contributed by atoms with Crippen molar-refractivity contribution in [3.8, 4) is 0 Å². The van der Waals surface area contributed by atoms with Crippen molar-refractivity contribution in [2.45, 2.75) is 32.5 Å². The lowest BCUT2D eigenvalue weighted by Gasteiger charge is -2.30. The number of aryl methyl sites for hydroxylation is 2. The minimum Gasteiger partial charge on any atom is -0.314 e. The van der Waals surface area contributed by atoms with Crippen molar-refractivity contribution in [3.05, 3.63) is 83.0 Å². The number of amides is 1. The highest BCUT2D eigenvalue weighted by molar-refractivity contribution is 6.01. The van der Waals surface area contributed by atoms with Crippen LogP contribution in [0.3, 0.4) is 0 Å². The van der Waals surface area contributed by atoms with Crippen LogP contribution in [0.15, 0.2) is 60.7 Å². The smallest absolute Gasteiger partial charge is 0.314 e. The summed E-state index contributed by atoms with van der Waals surface area (Å²) in [6.45, 7) is 3.46. The third kappa shape index (κ3) is 4.00. The van der Waals surface area contributed by atoms with Crippen LogP contribution in [0.5, 0.6) is 0 Å². The van der Waals surface area contributed by atoms with Crippen LogP contribution in [0.1, 0.15) is 22.4 Å². The van der Waals surface area contributed by atoms with E-state index < -0.39 is 17.8 Å². The quantitative estimate of drug-likeness (QED) is 0.561. The maximum absolute atomic E-state index is 13.5. The summed E-state index contributed by atoms with van der Waals surface area (Å²) in [5.41, 5.74) is 2.80. The number of hydrogen-bond acceptors (Lipinski definition) is 3. The summed E-state index contributed by atoms with van der Waals surface area (Å²) in [5.74, 6) is -0.0908. The van der Waals surface area contributed by atoms with E-state index in [2.05, 4.69) is 4.98 Å². The normalized spacial score (nSPS) is 15.7. The third-order valence-electron chi connectivity index (χ3n) is 5.49. The molecule has 0 unspecified atom stereocenters. The van der Waals surface area contributed by atoms with E-state index in [0.717, 1.165) is 28.9 Å². The first-order valence-electron chi connectivity index (χ1n) is 9.92. The standard InChI is InChI=1S/C24H22F3N3O/c1-15-7-6-9-19(11-15)29(3)23(31)21-13-17-8-4-5-10-20(17)30(21)22-14-18(24(25,26)27)12-16(2)28-22/h4-12,14,21H,13H2,1-3H3/t21-/m0/s1. The van der Waals surface area contributed by atoms with Crippen LogP contribution in [0, 0.1) is 13.8 Å². The number of fused-ring (bicyclic) bond motifs is 1. The maximum atomic E-state index is 13.5. The second-order valence-electron chi connectivity index (χ2n) is 7.81. The summed E-state index contributed by atoms with van der Waals surface area (Å²) >= 11 is 0. The van der Waals surface area contributed by atoms with Crippen molar-refractivity contribution in [2.75, 3.05) is 16.8 Å². The molecule has 3 aromatic rings. The van der Waals surface area contributed by atoms with Gasteiger partial charge in [-0.3, -0.25) is 4.79 Å². The number of halogens is 3. The zero-order valence-electron chi connectivity index (χ0n) is 17.4. The molecule has 0 aliphatic carbocycles. The largest absolute Gasteiger partial charge is 0.416 e. The monoisotopic (exact) mass is 425 g/mol. The number of alkyl halides is 3. The van der Waals surface area contributed by atoms with Gasteiger partial charge in [-0.05, 0) is 55.3 Å². The molecule has 4 nitrogen and oxygen atoms in total. The molecule has 160 valence electrons. The number of carbonyl (C=O) groups excluding carboxylic acids is 1. The fraction of sp³-hybridized carbons (Fsp3) is 0.250. The fourth-order valence-electron chi connectivity index (χ4n) is 3.99. The molecule has 0 N–H and O–H groups in total. The maximum Gasteiger partial charge on any atom is 0.416 e. The minimum absolute atomic E-state index is 0.119. The van der Waals surface area contributed by atoms with E-state index in [0.29, 0.717) is 12.1 Å². The number of likely N-dealkylation sites (N-methyl/N-ethyl adjacent to an activating group) is 1. The Hall–Kier alpha value is -3.35. The lowest BCUT2D eigenvalue weighted by Crippen LogP contribution is -2.44. The Morgan fingerprint density at radius 2 is 1.81 bits per heavy atom. The molecule has 4 rings (SSSR count). The predicted octanol–water partition coefficient (Wildman–Crippen LogP) is 5.44. The molecule has 7 heteroatoms. The summed E-state index contributed by atoms with van der Waals surface area (Å²) < 4.78 is 40.4. The summed E-state index contributed by atoms with van der Waals surface area (Å²) in [7, 11) is 1.68. The molecule has 0 saturated heterocycles. The molecular weight excluding hydrogens is 403 g/mol. The minimum atomic E-state index is -4.50. The highest BCUT2D eigenvalue weighted by atomic mass is 19.4. The topological polar surface area (TPSA) is 36.4 Å². The number of benzene rings is 2. The molecule has 1 aliphatic rings. The second kappa shape index (κ2) is 7.72. The summed E-state index contributed by atoms with van der Waals surface area (Å²) in [6, 6.07) is 16.3. The second-order valence-corrected chi connectivity index (χ2v) is 7.81. The first-order chi connectivity index (χ1) is 14.6. The summed E-state index contributed by atoms with van der Waals surface area (Å²) in [6.07, 6.45) is -4.11. The van der Waals surface area contributed by atoms with Gasteiger partial charge in [0.1, 0.15) is 11.9 Å². The van der Waals surface area contributed by atoms with Crippen LogP contribution in [-0.4, -0.2) is 24.0 Å². The molecule has 1 atom stereocenters. The van der Waals surface area contributed by atoms with Crippen molar-refractivity contribution in [3.63, 3.8) is 0 Å². The molecule has 1 aromatic heterocycles. The molecule has 0 fully saturated rings. The van der Waals surface area contributed by atoms with Gasteiger partial charge in [0, 0.05) is 30.5 Å². The molecular formula is C24H22F3N3O. The van der Waals surface area contributed by atoms with Crippen molar-refractivity contribution < 1.29 is 18.0 Å². The Kier molecular flexibility index (Phi) is 5.21. The molecule has 0 spiro atoms. The van der Waals surface area contributed by atoms with Gasteiger partial charge >= 0.3 is 6.18 Å².